The molecule has 4 aliphatic carbocycles. The van der Waals surface area contributed by atoms with Gasteiger partial charge in [-0.25, -0.2) is 4.39 Å². The van der Waals surface area contributed by atoms with E-state index in [1.54, 1.807) is 6.92 Å². The van der Waals surface area contributed by atoms with Crippen LogP contribution in [0.4, 0.5) is 4.39 Å². The molecule has 4 rings (SSSR count). The molecule has 8 atom stereocenters. The lowest BCUT2D eigenvalue weighted by atomic mass is 9.45. The van der Waals surface area contributed by atoms with Crippen molar-refractivity contribution < 1.29 is 19.1 Å². The molecule has 0 unspecified atom stereocenters. The highest BCUT2D eigenvalue weighted by Crippen LogP contribution is 2.66. The van der Waals surface area contributed by atoms with Crippen LogP contribution in [0, 0.1) is 34.5 Å². The average molecular weight is 348 g/mol. The summed E-state index contributed by atoms with van der Waals surface area (Å²) in [5, 5.41) is 11.1. The molecular weight excluding hydrogens is 319 g/mol. The van der Waals surface area contributed by atoms with Gasteiger partial charge in [-0.2, -0.15) is 0 Å². The second kappa shape index (κ2) is 5.48. The fourth-order valence-corrected chi connectivity index (χ4v) is 7.36. The number of carbonyl (C=O) groups is 2. The lowest BCUT2D eigenvalue weighted by Gasteiger charge is -2.60. The van der Waals surface area contributed by atoms with Crippen LogP contribution in [0.25, 0.3) is 0 Å². The number of carbonyl (C=O) groups excluding carboxylic acids is 2. The van der Waals surface area contributed by atoms with Gasteiger partial charge >= 0.3 is 0 Å². The highest BCUT2D eigenvalue weighted by molar-refractivity contribution is 5.92. The average Bonchev–Trinajstić information content (AvgIpc) is 2.85. The summed E-state index contributed by atoms with van der Waals surface area (Å²) < 4.78 is 15.1. The second-order valence-corrected chi connectivity index (χ2v) is 9.50. The number of Topliss-reactive ketones (excluding diaryl/α,β-unsaturated/α-hetero) is 1. The van der Waals surface area contributed by atoms with E-state index >= 15 is 4.39 Å². The maximum Gasteiger partial charge on any atom is 0.155 e. The fraction of sp³-hybridized carbons (Fsp3) is 0.810. The van der Waals surface area contributed by atoms with Gasteiger partial charge in [0.25, 0.3) is 0 Å². The Kier molecular flexibility index (Phi) is 3.81. The number of aliphatic hydroxyl groups excluding tert-OH is 1. The van der Waals surface area contributed by atoms with Crippen molar-refractivity contribution in [1.82, 2.24) is 0 Å². The Balaban J connectivity index is 1.76. The lowest BCUT2D eigenvalue weighted by Crippen LogP contribution is -2.58. The summed E-state index contributed by atoms with van der Waals surface area (Å²) in [7, 11) is 0. The molecular formula is C21H29FO3. The topological polar surface area (TPSA) is 54.4 Å². The van der Waals surface area contributed by atoms with Crippen molar-refractivity contribution in [2.24, 2.45) is 34.5 Å². The van der Waals surface area contributed by atoms with E-state index in [1.807, 2.05) is 0 Å². The Morgan fingerprint density at radius 2 is 2.04 bits per heavy atom. The van der Waals surface area contributed by atoms with E-state index in [0.29, 0.717) is 37.2 Å². The predicted molar refractivity (Wildman–Crippen MR) is 92.5 cm³/mol. The number of rotatable bonds is 1. The molecule has 1 N–H and O–H groups in total. The summed E-state index contributed by atoms with van der Waals surface area (Å²) in [6.45, 7) is 5.85. The Morgan fingerprint density at radius 1 is 1.32 bits per heavy atom. The van der Waals surface area contributed by atoms with Crippen molar-refractivity contribution in [2.75, 3.05) is 0 Å². The minimum absolute atomic E-state index is 0.00244. The Morgan fingerprint density at radius 3 is 2.72 bits per heavy atom. The molecule has 0 heterocycles. The third kappa shape index (κ3) is 2.25. The predicted octanol–water partition coefficient (Wildman–Crippen LogP) is 3.64. The normalized spacial score (nSPS) is 52.0. The van der Waals surface area contributed by atoms with Gasteiger partial charge in [0.2, 0.25) is 0 Å². The van der Waals surface area contributed by atoms with Gasteiger partial charge in [-0.3, -0.25) is 9.59 Å². The third-order valence-electron chi connectivity index (χ3n) is 8.36. The first kappa shape index (κ1) is 17.4. The molecule has 0 aromatic heterocycles. The van der Waals surface area contributed by atoms with Gasteiger partial charge in [0.15, 0.2) is 5.78 Å². The van der Waals surface area contributed by atoms with E-state index in [9.17, 15) is 14.7 Å². The van der Waals surface area contributed by atoms with Crippen molar-refractivity contribution in [3.8, 4) is 0 Å². The molecule has 4 heteroatoms. The first-order valence-electron chi connectivity index (χ1n) is 9.76. The maximum absolute atomic E-state index is 15.1. The summed E-state index contributed by atoms with van der Waals surface area (Å²) >= 11 is 0. The van der Waals surface area contributed by atoms with Crippen molar-refractivity contribution >= 4 is 11.6 Å². The van der Waals surface area contributed by atoms with Gasteiger partial charge in [0.1, 0.15) is 12.0 Å². The minimum atomic E-state index is -1.10. The molecule has 0 aromatic rings. The number of halogens is 1. The van der Waals surface area contributed by atoms with Crippen molar-refractivity contribution in [3.05, 3.63) is 11.6 Å². The minimum Gasteiger partial charge on any atom is -0.393 e. The number of fused-ring (bicyclic) bond motifs is 5. The van der Waals surface area contributed by atoms with E-state index in [2.05, 4.69) is 13.8 Å². The molecule has 3 fully saturated rings. The van der Waals surface area contributed by atoms with E-state index in [0.717, 1.165) is 12.8 Å². The van der Waals surface area contributed by atoms with Crippen LogP contribution in [0.2, 0.25) is 0 Å². The van der Waals surface area contributed by atoms with E-state index in [-0.39, 0.29) is 34.7 Å². The Labute approximate surface area is 149 Å². The van der Waals surface area contributed by atoms with Gasteiger partial charge < -0.3 is 5.11 Å². The van der Waals surface area contributed by atoms with Gasteiger partial charge in [-0.05, 0) is 79.3 Å². The van der Waals surface area contributed by atoms with Gasteiger partial charge in [0.05, 0.1) is 6.10 Å². The molecule has 0 radical (unpaired) electrons. The van der Waals surface area contributed by atoms with Gasteiger partial charge in [-0.15, -0.1) is 0 Å². The summed E-state index contributed by atoms with van der Waals surface area (Å²) in [5.41, 5.74) is -0.0202. The summed E-state index contributed by atoms with van der Waals surface area (Å²) in [6.07, 6.45) is 3.81. The smallest absolute Gasteiger partial charge is 0.155 e. The first-order valence-corrected chi connectivity index (χ1v) is 9.76. The molecule has 4 aliphatic rings. The zero-order valence-electron chi connectivity index (χ0n) is 15.4. The second-order valence-electron chi connectivity index (χ2n) is 9.50. The van der Waals surface area contributed by atoms with Crippen molar-refractivity contribution in [3.63, 3.8) is 0 Å². The van der Waals surface area contributed by atoms with Crippen LogP contribution >= 0.6 is 0 Å². The molecule has 3 saturated carbocycles. The van der Waals surface area contributed by atoms with E-state index in [4.69, 9.17) is 0 Å². The van der Waals surface area contributed by atoms with E-state index < -0.39 is 17.7 Å². The van der Waals surface area contributed by atoms with Crippen molar-refractivity contribution in [2.45, 2.75) is 71.6 Å². The number of alkyl halides is 1. The first-order chi connectivity index (χ1) is 11.7. The van der Waals surface area contributed by atoms with Crippen LogP contribution in [0.5, 0.6) is 0 Å². The third-order valence-corrected chi connectivity index (χ3v) is 8.36. The van der Waals surface area contributed by atoms with Crippen LogP contribution in [-0.2, 0) is 9.59 Å². The molecule has 0 spiro atoms. The molecule has 3 nitrogen and oxygen atoms in total. The summed E-state index contributed by atoms with van der Waals surface area (Å²) in [5.74, 6) is 0.610. The Hall–Kier alpha value is -1.03. The van der Waals surface area contributed by atoms with Crippen LogP contribution in [0.3, 0.4) is 0 Å². The van der Waals surface area contributed by atoms with Crippen LogP contribution < -0.4 is 0 Å². The quantitative estimate of drug-likeness (QED) is 0.787. The molecule has 25 heavy (non-hydrogen) atoms. The Bertz CT molecular complexity index is 656. The fourth-order valence-electron chi connectivity index (χ4n) is 7.36. The van der Waals surface area contributed by atoms with Crippen LogP contribution in [0.1, 0.15) is 59.3 Å². The molecule has 0 aliphatic heterocycles. The molecule has 138 valence electrons. The van der Waals surface area contributed by atoms with Gasteiger partial charge in [0, 0.05) is 12.3 Å². The number of ketones is 2. The lowest BCUT2D eigenvalue weighted by molar-refractivity contribution is -0.148. The summed E-state index contributed by atoms with van der Waals surface area (Å²) in [4.78, 5) is 24.0. The van der Waals surface area contributed by atoms with Gasteiger partial charge in [-0.1, -0.05) is 13.8 Å². The largest absolute Gasteiger partial charge is 0.393 e. The van der Waals surface area contributed by atoms with Crippen LogP contribution in [0.15, 0.2) is 11.6 Å². The highest BCUT2D eigenvalue weighted by Gasteiger charge is 2.64. The number of hydrogen-bond donors (Lipinski definition) is 1. The van der Waals surface area contributed by atoms with Crippen LogP contribution in [-0.4, -0.2) is 28.9 Å². The number of allylic oxidation sites excluding steroid dienone is 1. The summed E-state index contributed by atoms with van der Waals surface area (Å²) in [6, 6.07) is 0. The molecule has 0 amide bonds. The molecule has 0 saturated heterocycles. The number of aliphatic hydroxyl groups is 1. The zero-order chi connectivity index (χ0) is 18.1. The monoisotopic (exact) mass is 348 g/mol. The number of hydrogen-bond acceptors (Lipinski definition) is 3. The molecule has 0 bridgehead atoms. The highest BCUT2D eigenvalue weighted by atomic mass is 19.1. The van der Waals surface area contributed by atoms with E-state index in [1.165, 1.54) is 6.08 Å². The standard InChI is InChI=1S/C21H29FO3/c1-11(23)14-4-5-15-13-9-17(22)16-8-12(24)6-7-20(16,2)19(13)18(25)10-21(14,15)3/h8,13-15,17-19,25H,4-7,9-10H2,1-3H3/t13-,14+,15-,17+,18-,19+,20-,21+/m0/s1. The zero-order valence-corrected chi connectivity index (χ0v) is 15.4. The molecule has 0 aromatic carbocycles. The van der Waals surface area contributed by atoms with Crippen molar-refractivity contribution in [1.29, 1.82) is 0 Å². The maximum atomic E-state index is 15.1. The SMILES string of the molecule is CC(=O)[C@H]1CC[C@H]2[C@@H]3C[C@@H](F)C4=CC(=O)CC[C@]4(C)[C@H]3[C@@H](O)C[C@]12C.